The van der Waals surface area contributed by atoms with Crippen LogP contribution in [0, 0.1) is 6.92 Å². The summed E-state index contributed by atoms with van der Waals surface area (Å²) < 4.78 is 18.2. The van der Waals surface area contributed by atoms with E-state index >= 15 is 0 Å². The smallest absolute Gasteiger partial charge is 0.182 e. The number of anilines is 2. The number of hydrogen-bond donors (Lipinski definition) is 1. The summed E-state index contributed by atoms with van der Waals surface area (Å²) in [6, 6.07) is 11.2. The summed E-state index contributed by atoms with van der Waals surface area (Å²) in [5, 5.41) is 8.90. The lowest BCUT2D eigenvalue weighted by molar-refractivity contribution is 0.355. The van der Waals surface area contributed by atoms with Gasteiger partial charge in [-0.2, -0.15) is 0 Å². The first-order chi connectivity index (χ1) is 17.0. The van der Waals surface area contributed by atoms with Gasteiger partial charge in [-0.1, -0.05) is 24.4 Å². The SMILES string of the molecule is COc1ccc(Nc2nc(-c3ccc(OC)c(OC)c3)nn3c(C4CCCC4)nc(C)c23)cc1Cl. The molecule has 1 aliphatic carbocycles. The Kier molecular flexibility index (Phi) is 6.38. The molecule has 0 bridgehead atoms. The predicted octanol–water partition coefficient (Wildman–Crippen LogP) is 6.18. The van der Waals surface area contributed by atoms with Crippen molar-refractivity contribution in [2.45, 2.75) is 38.5 Å². The van der Waals surface area contributed by atoms with Crippen molar-refractivity contribution in [3.63, 3.8) is 0 Å². The molecule has 2 heterocycles. The van der Waals surface area contributed by atoms with E-state index in [0.29, 0.717) is 39.8 Å². The van der Waals surface area contributed by atoms with Crippen molar-refractivity contribution in [2.24, 2.45) is 0 Å². The van der Waals surface area contributed by atoms with Crippen LogP contribution in [0.15, 0.2) is 36.4 Å². The molecule has 0 amide bonds. The van der Waals surface area contributed by atoms with Crippen LogP contribution in [0.25, 0.3) is 16.9 Å². The van der Waals surface area contributed by atoms with Crippen molar-refractivity contribution in [3.8, 4) is 28.6 Å². The number of halogens is 1. The second-order valence-electron chi connectivity index (χ2n) is 8.63. The summed E-state index contributed by atoms with van der Waals surface area (Å²) in [5.74, 6) is 4.44. The molecular weight excluding hydrogens is 466 g/mol. The Hall–Kier alpha value is -3.52. The van der Waals surface area contributed by atoms with Crippen LogP contribution in [0.5, 0.6) is 17.2 Å². The molecular formula is C26H28ClN5O3. The molecule has 2 aromatic heterocycles. The molecule has 5 rings (SSSR count). The lowest BCUT2D eigenvalue weighted by Gasteiger charge is -2.14. The molecule has 8 nitrogen and oxygen atoms in total. The Morgan fingerprint density at radius 1 is 0.914 bits per heavy atom. The number of hydrogen-bond acceptors (Lipinski definition) is 7. The van der Waals surface area contributed by atoms with Gasteiger partial charge in [0.25, 0.3) is 0 Å². The van der Waals surface area contributed by atoms with E-state index < -0.39 is 0 Å². The Balaban J connectivity index is 1.68. The topological polar surface area (TPSA) is 82.8 Å². The number of ether oxygens (including phenoxy) is 3. The van der Waals surface area contributed by atoms with Crippen molar-refractivity contribution in [2.75, 3.05) is 26.6 Å². The first-order valence-electron chi connectivity index (χ1n) is 11.6. The van der Waals surface area contributed by atoms with Crippen molar-refractivity contribution < 1.29 is 14.2 Å². The van der Waals surface area contributed by atoms with Crippen LogP contribution < -0.4 is 19.5 Å². The molecule has 2 aromatic carbocycles. The Labute approximate surface area is 209 Å². The van der Waals surface area contributed by atoms with Gasteiger partial charge in [-0.15, -0.1) is 5.10 Å². The van der Waals surface area contributed by atoms with Gasteiger partial charge in [0, 0.05) is 17.2 Å². The third-order valence-corrected chi connectivity index (χ3v) is 6.76. The van der Waals surface area contributed by atoms with Crippen LogP contribution in [0.4, 0.5) is 11.5 Å². The molecule has 9 heteroatoms. The lowest BCUT2D eigenvalue weighted by atomic mass is 10.1. The molecule has 1 aliphatic rings. The van der Waals surface area contributed by atoms with Crippen molar-refractivity contribution >= 4 is 28.6 Å². The van der Waals surface area contributed by atoms with E-state index in [1.54, 1.807) is 21.3 Å². The fourth-order valence-corrected chi connectivity index (χ4v) is 4.96. The van der Waals surface area contributed by atoms with E-state index in [0.717, 1.165) is 41.1 Å². The normalized spacial score (nSPS) is 13.9. The molecule has 35 heavy (non-hydrogen) atoms. The van der Waals surface area contributed by atoms with Crippen LogP contribution in [0.1, 0.15) is 43.1 Å². The van der Waals surface area contributed by atoms with Crippen molar-refractivity contribution in [1.29, 1.82) is 0 Å². The highest BCUT2D eigenvalue weighted by Crippen LogP contribution is 2.37. The fraction of sp³-hybridized carbons (Fsp3) is 0.346. The zero-order chi connectivity index (χ0) is 24.5. The molecule has 1 N–H and O–H groups in total. The van der Waals surface area contributed by atoms with E-state index in [4.69, 9.17) is 40.9 Å². The van der Waals surface area contributed by atoms with Gasteiger partial charge >= 0.3 is 0 Å². The van der Waals surface area contributed by atoms with Gasteiger partial charge in [-0.25, -0.2) is 14.5 Å². The van der Waals surface area contributed by atoms with Crippen LogP contribution >= 0.6 is 11.6 Å². The molecule has 0 aliphatic heterocycles. The number of methoxy groups -OCH3 is 3. The maximum atomic E-state index is 6.38. The van der Waals surface area contributed by atoms with Gasteiger partial charge in [-0.05, 0) is 56.2 Å². The summed E-state index contributed by atoms with van der Waals surface area (Å²) in [6.45, 7) is 2.00. The molecule has 0 unspecified atom stereocenters. The monoisotopic (exact) mass is 493 g/mol. The maximum Gasteiger partial charge on any atom is 0.182 e. The van der Waals surface area contributed by atoms with E-state index in [1.165, 1.54) is 12.8 Å². The highest BCUT2D eigenvalue weighted by molar-refractivity contribution is 6.32. The Morgan fingerprint density at radius 2 is 1.63 bits per heavy atom. The summed E-state index contributed by atoms with van der Waals surface area (Å²) in [5.41, 5.74) is 3.33. The van der Waals surface area contributed by atoms with Crippen LogP contribution in [0.3, 0.4) is 0 Å². The molecule has 0 saturated heterocycles. The maximum absolute atomic E-state index is 6.38. The minimum atomic E-state index is 0.382. The average molecular weight is 494 g/mol. The lowest BCUT2D eigenvalue weighted by Crippen LogP contribution is -2.08. The van der Waals surface area contributed by atoms with Gasteiger partial charge < -0.3 is 19.5 Å². The number of benzene rings is 2. The Morgan fingerprint density at radius 3 is 2.31 bits per heavy atom. The summed E-state index contributed by atoms with van der Waals surface area (Å²) >= 11 is 6.38. The van der Waals surface area contributed by atoms with Gasteiger partial charge in [0.2, 0.25) is 0 Å². The number of rotatable bonds is 7. The van der Waals surface area contributed by atoms with Crippen LogP contribution in [0.2, 0.25) is 5.02 Å². The minimum Gasteiger partial charge on any atom is -0.495 e. The number of nitrogens with one attached hydrogen (secondary N) is 1. The predicted molar refractivity (Wildman–Crippen MR) is 137 cm³/mol. The molecule has 182 valence electrons. The van der Waals surface area contributed by atoms with Gasteiger partial charge in [-0.3, -0.25) is 0 Å². The number of imidazole rings is 1. The second kappa shape index (κ2) is 9.62. The molecule has 1 saturated carbocycles. The summed E-state index contributed by atoms with van der Waals surface area (Å²) in [6.07, 6.45) is 4.65. The number of aryl methyl sites for hydroxylation is 1. The second-order valence-corrected chi connectivity index (χ2v) is 9.03. The number of aromatic nitrogens is 4. The zero-order valence-electron chi connectivity index (χ0n) is 20.3. The standard InChI is InChI=1S/C26H28ClN5O3/c1-15-23-25(29-18-10-12-20(33-2)19(27)14-18)30-24(17-9-11-21(34-3)22(13-17)35-4)31-32(23)26(28-15)16-7-5-6-8-16/h9-14,16H,5-8H2,1-4H3,(H,29,30,31). The largest absolute Gasteiger partial charge is 0.495 e. The molecule has 4 aromatic rings. The van der Waals surface area contributed by atoms with Gasteiger partial charge in [0.1, 0.15) is 17.1 Å². The van der Waals surface area contributed by atoms with Crippen molar-refractivity contribution in [1.82, 2.24) is 19.6 Å². The van der Waals surface area contributed by atoms with Gasteiger partial charge in [0.15, 0.2) is 23.1 Å². The fourth-order valence-electron chi connectivity index (χ4n) is 4.70. The molecule has 0 atom stereocenters. The van der Waals surface area contributed by atoms with Gasteiger partial charge in [0.05, 0.1) is 32.0 Å². The first kappa shape index (κ1) is 23.2. The average Bonchev–Trinajstić information content (AvgIpc) is 3.52. The first-order valence-corrected chi connectivity index (χ1v) is 12.0. The highest BCUT2D eigenvalue weighted by Gasteiger charge is 2.26. The molecule has 0 spiro atoms. The third-order valence-electron chi connectivity index (χ3n) is 6.47. The molecule has 0 radical (unpaired) electrons. The zero-order valence-corrected chi connectivity index (χ0v) is 21.0. The van der Waals surface area contributed by atoms with E-state index in [2.05, 4.69) is 5.32 Å². The van der Waals surface area contributed by atoms with E-state index in [9.17, 15) is 0 Å². The van der Waals surface area contributed by atoms with E-state index in [1.807, 2.05) is 47.8 Å². The minimum absolute atomic E-state index is 0.382. The number of nitrogens with zero attached hydrogens (tertiary/aromatic N) is 4. The molecule has 1 fully saturated rings. The van der Waals surface area contributed by atoms with Crippen LogP contribution in [-0.4, -0.2) is 40.9 Å². The highest BCUT2D eigenvalue weighted by atomic mass is 35.5. The van der Waals surface area contributed by atoms with E-state index in [-0.39, 0.29) is 0 Å². The van der Waals surface area contributed by atoms with Crippen molar-refractivity contribution in [3.05, 3.63) is 52.9 Å². The Bertz CT molecular complexity index is 1380. The summed E-state index contributed by atoms with van der Waals surface area (Å²) in [7, 11) is 4.83. The summed E-state index contributed by atoms with van der Waals surface area (Å²) in [4.78, 5) is 9.86. The quantitative estimate of drug-likeness (QED) is 0.329. The number of fused-ring (bicyclic) bond motifs is 1. The third kappa shape index (κ3) is 4.34. The van der Waals surface area contributed by atoms with Crippen LogP contribution in [-0.2, 0) is 0 Å².